The second-order valence-electron chi connectivity index (χ2n) is 4.70. The maximum absolute atomic E-state index is 12.8. The number of hydrogen-bond donors (Lipinski definition) is 1. The smallest absolute Gasteiger partial charge is 0.110 e. The highest BCUT2D eigenvalue weighted by Gasteiger charge is 2.20. The van der Waals surface area contributed by atoms with Gasteiger partial charge in [-0.1, -0.05) is 13.8 Å². The summed E-state index contributed by atoms with van der Waals surface area (Å²) in [4.78, 5) is 2.23. The van der Waals surface area contributed by atoms with Gasteiger partial charge in [0.1, 0.15) is 6.17 Å². The first-order valence-electron chi connectivity index (χ1n) is 5.70. The van der Waals surface area contributed by atoms with Crippen LogP contribution in [0.3, 0.4) is 0 Å². The van der Waals surface area contributed by atoms with E-state index in [0.29, 0.717) is 18.6 Å². The summed E-state index contributed by atoms with van der Waals surface area (Å²) in [5, 5.41) is 3.52. The summed E-state index contributed by atoms with van der Waals surface area (Å²) in [7, 11) is 0. The maximum Gasteiger partial charge on any atom is 0.110 e. The molecule has 2 unspecified atom stereocenters. The van der Waals surface area contributed by atoms with Crippen LogP contribution < -0.4 is 5.32 Å². The van der Waals surface area contributed by atoms with Crippen molar-refractivity contribution in [3.8, 4) is 0 Å². The van der Waals surface area contributed by atoms with Crippen LogP contribution in [0.4, 0.5) is 4.39 Å². The van der Waals surface area contributed by atoms with Crippen LogP contribution >= 0.6 is 0 Å². The topological polar surface area (TPSA) is 15.3 Å². The Hall–Kier alpha value is -0.150. The SMILES string of the molecule is CC(F)CN1CCCC(NC(C)C)C1. The Kier molecular flexibility index (Phi) is 4.82. The minimum Gasteiger partial charge on any atom is -0.311 e. The van der Waals surface area contributed by atoms with Gasteiger partial charge in [-0.05, 0) is 26.3 Å². The van der Waals surface area contributed by atoms with E-state index in [1.165, 1.54) is 12.8 Å². The zero-order chi connectivity index (χ0) is 10.6. The fourth-order valence-corrected chi connectivity index (χ4v) is 2.18. The number of nitrogens with one attached hydrogen (secondary N) is 1. The van der Waals surface area contributed by atoms with Crippen LogP contribution in [-0.2, 0) is 0 Å². The van der Waals surface area contributed by atoms with Gasteiger partial charge >= 0.3 is 0 Å². The zero-order valence-corrected chi connectivity index (χ0v) is 9.59. The van der Waals surface area contributed by atoms with Crippen molar-refractivity contribution >= 4 is 0 Å². The van der Waals surface area contributed by atoms with E-state index in [1.54, 1.807) is 6.92 Å². The van der Waals surface area contributed by atoms with Crippen molar-refractivity contribution in [3.63, 3.8) is 0 Å². The molecule has 0 aromatic rings. The van der Waals surface area contributed by atoms with Crippen molar-refractivity contribution in [1.82, 2.24) is 10.2 Å². The number of alkyl halides is 1. The second kappa shape index (κ2) is 5.66. The Bertz CT molecular complexity index is 143. The van der Waals surface area contributed by atoms with Crippen LogP contribution in [0, 0.1) is 0 Å². The normalized spacial score (nSPS) is 26.8. The molecule has 0 radical (unpaired) electrons. The van der Waals surface area contributed by atoms with E-state index in [9.17, 15) is 4.39 Å². The quantitative estimate of drug-likeness (QED) is 0.748. The van der Waals surface area contributed by atoms with E-state index in [-0.39, 0.29) is 0 Å². The predicted octanol–water partition coefficient (Wildman–Crippen LogP) is 1.81. The van der Waals surface area contributed by atoms with Gasteiger partial charge in [0.2, 0.25) is 0 Å². The van der Waals surface area contributed by atoms with Gasteiger partial charge < -0.3 is 5.32 Å². The van der Waals surface area contributed by atoms with Crippen LogP contribution in [0.1, 0.15) is 33.6 Å². The highest BCUT2D eigenvalue weighted by molar-refractivity contribution is 4.79. The molecule has 0 amide bonds. The van der Waals surface area contributed by atoms with E-state index in [0.717, 1.165) is 13.1 Å². The van der Waals surface area contributed by atoms with Crippen LogP contribution in [0.5, 0.6) is 0 Å². The Morgan fingerprint density at radius 3 is 2.71 bits per heavy atom. The van der Waals surface area contributed by atoms with Crippen LogP contribution in [0.15, 0.2) is 0 Å². The molecule has 2 nitrogen and oxygen atoms in total. The number of rotatable bonds is 4. The zero-order valence-electron chi connectivity index (χ0n) is 9.59. The Balaban J connectivity index is 2.28. The summed E-state index contributed by atoms with van der Waals surface area (Å²) in [6, 6.07) is 1.09. The molecule has 0 saturated carbocycles. The highest BCUT2D eigenvalue weighted by atomic mass is 19.1. The first kappa shape index (κ1) is 11.9. The molecule has 1 saturated heterocycles. The lowest BCUT2D eigenvalue weighted by molar-refractivity contribution is 0.148. The minimum absolute atomic E-state index is 0.530. The number of hydrogen-bond acceptors (Lipinski definition) is 2. The van der Waals surface area contributed by atoms with E-state index >= 15 is 0 Å². The standard InChI is InChI=1S/C11H23FN2/c1-9(2)13-11-5-4-6-14(8-11)7-10(3)12/h9-11,13H,4-8H2,1-3H3. The molecular weight excluding hydrogens is 179 g/mol. The van der Waals surface area contributed by atoms with E-state index in [4.69, 9.17) is 0 Å². The average molecular weight is 202 g/mol. The summed E-state index contributed by atoms with van der Waals surface area (Å²) >= 11 is 0. The summed E-state index contributed by atoms with van der Waals surface area (Å²) in [5.41, 5.74) is 0. The van der Waals surface area contributed by atoms with Crippen molar-refractivity contribution in [2.45, 2.75) is 51.9 Å². The number of likely N-dealkylation sites (tertiary alicyclic amines) is 1. The fourth-order valence-electron chi connectivity index (χ4n) is 2.18. The third-order valence-corrected chi connectivity index (χ3v) is 2.58. The molecule has 14 heavy (non-hydrogen) atoms. The fraction of sp³-hybridized carbons (Fsp3) is 1.00. The maximum atomic E-state index is 12.8. The highest BCUT2D eigenvalue weighted by Crippen LogP contribution is 2.11. The second-order valence-corrected chi connectivity index (χ2v) is 4.70. The molecule has 3 heteroatoms. The van der Waals surface area contributed by atoms with Crippen LogP contribution in [-0.4, -0.2) is 42.8 Å². The molecular formula is C11H23FN2. The molecule has 0 bridgehead atoms. The van der Waals surface area contributed by atoms with Gasteiger partial charge in [-0.3, -0.25) is 4.90 Å². The lowest BCUT2D eigenvalue weighted by atomic mass is 10.0. The molecule has 0 aliphatic carbocycles. The summed E-state index contributed by atoms with van der Waals surface area (Å²) in [6.07, 6.45) is 1.72. The largest absolute Gasteiger partial charge is 0.311 e. The number of nitrogens with zero attached hydrogens (tertiary/aromatic N) is 1. The van der Waals surface area contributed by atoms with E-state index < -0.39 is 6.17 Å². The molecule has 1 aliphatic rings. The Labute approximate surface area is 86.9 Å². The summed E-state index contributed by atoms with van der Waals surface area (Å²) in [6.45, 7) is 8.63. The molecule has 2 atom stereocenters. The predicted molar refractivity (Wildman–Crippen MR) is 58.3 cm³/mol. The molecule has 1 N–H and O–H groups in total. The van der Waals surface area contributed by atoms with E-state index in [2.05, 4.69) is 24.1 Å². The lowest BCUT2D eigenvalue weighted by Crippen LogP contribution is -2.48. The first-order chi connectivity index (χ1) is 6.58. The minimum atomic E-state index is -0.701. The summed E-state index contributed by atoms with van der Waals surface area (Å²) in [5.74, 6) is 0. The molecule has 0 spiro atoms. The van der Waals surface area contributed by atoms with Gasteiger partial charge in [0.05, 0.1) is 0 Å². The van der Waals surface area contributed by atoms with Gasteiger partial charge in [-0.2, -0.15) is 0 Å². The van der Waals surface area contributed by atoms with Crippen molar-refractivity contribution in [2.75, 3.05) is 19.6 Å². The number of piperidine rings is 1. The molecule has 84 valence electrons. The van der Waals surface area contributed by atoms with Crippen molar-refractivity contribution in [1.29, 1.82) is 0 Å². The molecule has 0 aromatic heterocycles. The lowest BCUT2D eigenvalue weighted by Gasteiger charge is -2.34. The van der Waals surface area contributed by atoms with Crippen molar-refractivity contribution < 1.29 is 4.39 Å². The van der Waals surface area contributed by atoms with Gasteiger partial charge in [0.15, 0.2) is 0 Å². The Morgan fingerprint density at radius 2 is 2.14 bits per heavy atom. The van der Waals surface area contributed by atoms with Gasteiger partial charge in [-0.15, -0.1) is 0 Å². The molecule has 1 heterocycles. The Morgan fingerprint density at radius 1 is 1.43 bits per heavy atom. The summed E-state index contributed by atoms with van der Waals surface area (Å²) < 4.78 is 12.8. The average Bonchev–Trinajstić information content (AvgIpc) is 2.01. The molecule has 1 fully saturated rings. The third kappa shape index (κ3) is 4.38. The van der Waals surface area contributed by atoms with E-state index in [1.807, 2.05) is 0 Å². The van der Waals surface area contributed by atoms with Crippen molar-refractivity contribution in [2.24, 2.45) is 0 Å². The molecule has 0 aromatic carbocycles. The number of halogens is 1. The molecule has 1 rings (SSSR count). The van der Waals surface area contributed by atoms with Gasteiger partial charge in [-0.25, -0.2) is 4.39 Å². The van der Waals surface area contributed by atoms with Crippen LogP contribution in [0.2, 0.25) is 0 Å². The molecule has 1 aliphatic heterocycles. The monoisotopic (exact) mass is 202 g/mol. The van der Waals surface area contributed by atoms with Crippen LogP contribution in [0.25, 0.3) is 0 Å². The van der Waals surface area contributed by atoms with Gasteiger partial charge in [0, 0.05) is 25.2 Å². The first-order valence-corrected chi connectivity index (χ1v) is 5.70. The van der Waals surface area contributed by atoms with Crippen molar-refractivity contribution in [3.05, 3.63) is 0 Å². The third-order valence-electron chi connectivity index (χ3n) is 2.58. The van der Waals surface area contributed by atoms with Gasteiger partial charge in [0.25, 0.3) is 0 Å².